The van der Waals surface area contributed by atoms with Crippen LogP contribution in [0.2, 0.25) is 0 Å². The molecule has 8 unspecified atom stereocenters. The van der Waals surface area contributed by atoms with Gasteiger partial charge < -0.3 is 45.1 Å². The molecular formula is C74H131NO10. The van der Waals surface area contributed by atoms with E-state index >= 15 is 0 Å². The first-order valence-corrected chi connectivity index (χ1v) is 35.4. The molecule has 0 spiro atoms. The highest BCUT2D eigenvalue weighted by atomic mass is 16.7. The summed E-state index contributed by atoms with van der Waals surface area (Å²) in [6, 6.07) is -1.03. The first-order valence-electron chi connectivity index (χ1n) is 35.4. The van der Waals surface area contributed by atoms with Gasteiger partial charge >= 0.3 is 5.97 Å². The average molecular weight is 1190 g/mol. The predicted octanol–water partition coefficient (Wildman–Crippen LogP) is 18.1. The molecule has 11 nitrogen and oxygen atoms in total. The highest BCUT2D eigenvalue weighted by Crippen LogP contribution is 2.26. The van der Waals surface area contributed by atoms with E-state index in [1.165, 1.54) is 161 Å². The maximum atomic E-state index is 13.5. The van der Waals surface area contributed by atoms with Crippen LogP contribution in [0.15, 0.2) is 85.1 Å². The van der Waals surface area contributed by atoms with Gasteiger partial charge in [0.2, 0.25) is 5.91 Å². The third-order valence-corrected chi connectivity index (χ3v) is 16.3. The van der Waals surface area contributed by atoms with Crippen molar-refractivity contribution < 1.29 is 49.3 Å². The van der Waals surface area contributed by atoms with Gasteiger partial charge in [0.15, 0.2) is 12.4 Å². The van der Waals surface area contributed by atoms with E-state index in [2.05, 4.69) is 99.0 Å². The van der Waals surface area contributed by atoms with E-state index in [9.17, 15) is 35.1 Å². The van der Waals surface area contributed by atoms with Crippen molar-refractivity contribution in [3.8, 4) is 0 Å². The quantitative estimate of drug-likeness (QED) is 0.0195. The molecule has 1 fully saturated rings. The second-order valence-electron chi connectivity index (χ2n) is 24.2. The lowest BCUT2D eigenvalue weighted by atomic mass is 9.99. The van der Waals surface area contributed by atoms with E-state index in [1.807, 2.05) is 6.08 Å². The Morgan fingerprint density at radius 2 is 0.847 bits per heavy atom. The first kappa shape index (κ1) is 79.9. The van der Waals surface area contributed by atoms with Crippen LogP contribution in [0.5, 0.6) is 0 Å². The van der Waals surface area contributed by atoms with Gasteiger partial charge in [0, 0.05) is 6.42 Å². The molecule has 0 aromatic carbocycles. The minimum absolute atomic E-state index is 0.117. The van der Waals surface area contributed by atoms with Crippen molar-refractivity contribution in [3.63, 3.8) is 0 Å². The number of esters is 1. The first-order chi connectivity index (χ1) is 41.7. The third-order valence-electron chi connectivity index (χ3n) is 16.3. The molecule has 1 heterocycles. The molecule has 1 aliphatic rings. The van der Waals surface area contributed by atoms with Gasteiger partial charge in [-0.1, -0.05) is 292 Å². The number of amides is 1. The lowest BCUT2D eigenvalue weighted by Gasteiger charge is -2.41. The number of hydrogen-bond donors (Lipinski definition) is 6. The van der Waals surface area contributed by atoms with Gasteiger partial charge in [0.25, 0.3) is 0 Å². The zero-order valence-electron chi connectivity index (χ0n) is 54.7. The topological polar surface area (TPSA) is 175 Å². The van der Waals surface area contributed by atoms with Gasteiger partial charge in [-0.3, -0.25) is 9.59 Å². The van der Waals surface area contributed by atoms with Gasteiger partial charge in [0.1, 0.15) is 24.4 Å². The van der Waals surface area contributed by atoms with Crippen LogP contribution >= 0.6 is 0 Å². The molecule has 0 aromatic heterocycles. The Bertz CT molecular complexity index is 1710. The molecule has 1 saturated heterocycles. The SMILES string of the molecule is CC/C=C\C/C=C\C/C=C\C/C=C\C/C=C\CCCCCCCCCCCCCC(=O)OC1C(OCC(NC(=O)C(O)CCCCCCCCCC/C=C/CCCCCCCC)C(O)/C=C/CCCCCCCCCCC)OC(CO)C(O)C1O. The molecule has 0 aliphatic carbocycles. The van der Waals surface area contributed by atoms with Gasteiger partial charge in [-0.05, 0) is 96.3 Å². The van der Waals surface area contributed by atoms with E-state index in [4.69, 9.17) is 14.2 Å². The molecule has 85 heavy (non-hydrogen) atoms. The van der Waals surface area contributed by atoms with Crippen LogP contribution < -0.4 is 5.32 Å². The fourth-order valence-corrected chi connectivity index (χ4v) is 10.7. The third kappa shape index (κ3) is 48.4. The predicted molar refractivity (Wildman–Crippen MR) is 356 cm³/mol. The van der Waals surface area contributed by atoms with Crippen molar-refractivity contribution in [2.24, 2.45) is 0 Å². The van der Waals surface area contributed by atoms with Crippen molar-refractivity contribution in [1.29, 1.82) is 0 Å². The summed E-state index contributed by atoms with van der Waals surface area (Å²) in [5.74, 6) is -1.20. The number of ether oxygens (including phenoxy) is 3. The van der Waals surface area contributed by atoms with E-state index < -0.39 is 67.4 Å². The number of nitrogens with one attached hydrogen (secondary N) is 1. The normalized spacial score (nSPS) is 18.9. The molecule has 11 heteroatoms. The monoisotopic (exact) mass is 1190 g/mol. The fourth-order valence-electron chi connectivity index (χ4n) is 10.7. The molecular weight excluding hydrogens is 1060 g/mol. The van der Waals surface area contributed by atoms with Crippen molar-refractivity contribution in [1.82, 2.24) is 5.32 Å². The van der Waals surface area contributed by atoms with Gasteiger partial charge in [-0.25, -0.2) is 0 Å². The molecule has 492 valence electrons. The standard InChI is InChI=1S/C74H131NO10/c1-4-7-10-13-16-19-22-24-26-28-30-31-32-33-34-35-36-37-38-40-42-44-47-50-53-56-59-62-69(79)85-72-71(81)70(80)68(63-76)84-74(72)83-64-65(66(77)60-57-54-51-48-45-21-18-15-12-9-6-3)75-73(82)67(78)61-58-55-52-49-46-43-41-39-29-27-25-23-20-17-14-11-8-5-2/h7,10,16,19,24-27,30-31,33-34,57,60,65-68,70-72,74,76-78,80-81H,4-6,8-9,11-15,17-18,20-23,28-29,32,35-56,58-59,61-64H2,1-3H3,(H,75,82)/b10-7-,19-16-,26-24-,27-25+,31-30-,34-33-,60-57+. The van der Waals surface area contributed by atoms with Crippen molar-refractivity contribution in [2.75, 3.05) is 13.2 Å². The molecule has 1 rings (SSSR count). The molecule has 1 aliphatic heterocycles. The number of hydrogen-bond acceptors (Lipinski definition) is 10. The minimum atomic E-state index is -1.62. The Morgan fingerprint density at radius 3 is 1.28 bits per heavy atom. The van der Waals surface area contributed by atoms with Crippen LogP contribution in [-0.2, 0) is 23.8 Å². The summed E-state index contributed by atoms with van der Waals surface area (Å²) in [6.07, 6.45) is 70.5. The van der Waals surface area contributed by atoms with Crippen molar-refractivity contribution >= 4 is 11.9 Å². The summed E-state index contributed by atoms with van der Waals surface area (Å²) in [5, 5.41) is 57.2. The molecule has 6 N–H and O–H groups in total. The van der Waals surface area contributed by atoms with Crippen LogP contribution in [0.4, 0.5) is 0 Å². The molecule has 8 atom stereocenters. The van der Waals surface area contributed by atoms with E-state index in [1.54, 1.807) is 6.08 Å². The maximum absolute atomic E-state index is 13.5. The molecule has 0 radical (unpaired) electrons. The summed E-state index contributed by atoms with van der Waals surface area (Å²) in [5.41, 5.74) is 0. The average Bonchev–Trinajstić information content (AvgIpc) is 2.92. The zero-order chi connectivity index (χ0) is 61.7. The number of aliphatic hydroxyl groups excluding tert-OH is 5. The molecule has 0 bridgehead atoms. The number of allylic oxidation sites excluding steroid dienone is 13. The van der Waals surface area contributed by atoms with E-state index in [0.717, 1.165) is 103 Å². The summed E-state index contributed by atoms with van der Waals surface area (Å²) >= 11 is 0. The van der Waals surface area contributed by atoms with Gasteiger partial charge in [-0.2, -0.15) is 0 Å². The Labute approximate surface area is 521 Å². The highest BCUT2D eigenvalue weighted by Gasteiger charge is 2.47. The second-order valence-corrected chi connectivity index (χ2v) is 24.2. The van der Waals surface area contributed by atoms with Gasteiger partial charge in [-0.15, -0.1) is 0 Å². The van der Waals surface area contributed by atoms with Crippen molar-refractivity contribution in [3.05, 3.63) is 85.1 Å². The fraction of sp³-hybridized carbons (Fsp3) is 0.784. The highest BCUT2D eigenvalue weighted by molar-refractivity contribution is 5.80. The Morgan fingerprint density at radius 1 is 0.471 bits per heavy atom. The lowest BCUT2D eigenvalue weighted by Crippen LogP contribution is -2.61. The maximum Gasteiger partial charge on any atom is 0.306 e. The summed E-state index contributed by atoms with van der Waals surface area (Å²) in [6.45, 7) is 5.69. The number of carbonyl (C=O) groups is 2. The Kier molecular flexibility index (Phi) is 57.4. The Balaban J connectivity index is 2.54. The molecule has 1 amide bonds. The second kappa shape index (κ2) is 61.1. The minimum Gasteiger partial charge on any atom is -0.454 e. The number of rotatable bonds is 60. The largest absolute Gasteiger partial charge is 0.454 e. The van der Waals surface area contributed by atoms with Gasteiger partial charge in [0.05, 0.1) is 25.4 Å². The molecule has 0 saturated carbocycles. The summed E-state index contributed by atoms with van der Waals surface area (Å²) < 4.78 is 17.7. The summed E-state index contributed by atoms with van der Waals surface area (Å²) in [4.78, 5) is 26.7. The number of aliphatic hydroxyl groups is 5. The Hall–Kier alpha value is -3.16. The van der Waals surface area contributed by atoms with Crippen molar-refractivity contribution in [2.45, 2.75) is 359 Å². The zero-order valence-corrected chi connectivity index (χ0v) is 54.7. The lowest BCUT2D eigenvalue weighted by molar-refractivity contribution is -0.305. The molecule has 0 aromatic rings. The van der Waals surface area contributed by atoms with Crippen LogP contribution in [0, 0.1) is 0 Å². The van der Waals surface area contributed by atoms with E-state index in [0.29, 0.717) is 12.8 Å². The van der Waals surface area contributed by atoms with Crippen LogP contribution in [0.25, 0.3) is 0 Å². The smallest absolute Gasteiger partial charge is 0.306 e. The summed E-state index contributed by atoms with van der Waals surface area (Å²) in [7, 11) is 0. The van der Waals surface area contributed by atoms with Crippen LogP contribution in [0.3, 0.4) is 0 Å². The van der Waals surface area contributed by atoms with Crippen LogP contribution in [0.1, 0.15) is 310 Å². The van der Waals surface area contributed by atoms with Crippen LogP contribution in [-0.4, -0.2) is 99.6 Å². The van der Waals surface area contributed by atoms with E-state index in [-0.39, 0.29) is 19.4 Å². The number of unbranched alkanes of at least 4 members (excludes halogenated alkanes) is 34. The number of carbonyl (C=O) groups excluding carboxylic acids is 2.